The van der Waals surface area contributed by atoms with Crippen LogP contribution in [0.15, 0.2) is 12.2 Å². The second-order valence-electron chi connectivity index (χ2n) is 11.3. The van der Waals surface area contributed by atoms with Crippen molar-refractivity contribution in [2.45, 2.75) is 194 Å². The molecule has 0 aromatic rings. The van der Waals surface area contributed by atoms with Crippen molar-refractivity contribution in [2.24, 2.45) is 0 Å². The summed E-state index contributed by atoms with van der Waals surface area (Å²) in [6, 6.07) is 0. The molecule has 0 N–H and O–H groups in total. The Morgan fingerprint density at radius 1 is 0.444 bits per heavy atom. The molecular weight excluding hydrogens is 455 g/mol. The van der Waals surface area contributed by atoms with E-state index in [0.29, 0.717) is 14.1 Å². The van der Waals surface area contributed by atoms with E-state index in [-0.39, 0.29) is 0 Å². The van der Waals surface area contributed by atoms with Gasteiger partial charge in [0.25, 0.3) is 0 Å². The van der Waals surface area contributed by atoms with Crippen LogP contribution in [-0.4, -0.2) is 11.7 Å². The number of rotatable bonds is 31. The first kappa shape index (κ1) is 35.8. The highest BCUT2D eigenvalue weighted by atomic mass is 31.1. The van der Waals surface area contributed by atoms with Gasteiger partial charge in [-0.15, -0.1) is 0 Å². The molecule has 1 nitrogen and oxygen atoms in total. The van der Waals surface area contributed by atoms with Crippen molar-refractivity contribution < 1.29 is 4.79 Å². The molecule has 0 heterocycles. The van der Waals surface area contributed by atoms with Gasteiger partial charge in [0, 0.05) is 6.42 Å². The molecule has 0 bridgehead atoms. The minimum absolute atomic E-state index is 0.544. The van der Waals surface area contributed by atoms with Crippen molar-refractivity contribution in [2.75, 3.05) is 6.16 Å². The molecule has 214 valence electrons. The van der Waals surface area contributed by atoms with Crippen LogP contribution in [0.5, 0.6) is 0 Å². The molecule has 0 saturated heterocycles. The van der Waals surface area contributed by atoms with Crippen molar-refractivity contribution in [1.29, 1.82) is 0 Å². The summed E-state index contributed by atoms with van der Waals surface area (Å²) >= 11 is 0. The maximum absolute atomic E-state index is 12.1. The molecule has 0 aliphatic rings. The van der Waals surface area contributed by atoms with Gasteiger partial charge < -0.3 is 0 Å². The number of allylic oxidation sites excluding steroid dienone is 2. The summed E-state index contributed by atoms with van der Waals surface area (Å²) in [5.41, 5.74) is 0.544. The summed E-state index contributed by atoms with van der Waals surface area (Å²) in [5.74, 6) is 0. The quantitative estimate of drug-likeness (QED) is 0.0502. The van der Waals surface area contributed by atoms with E-state index in [1.807, 2.05) is 0 Å². The monoisotopic (exact) mass is 522 g/mol. The smallest absolute Gasteiger partial charge is 0.151 e. The summed E-state index contributed by atoms with van der Waals surface area (Å²) in [6.07, 6.45) is 43.7. The van der Waals surface area contributed by atoms with Crippen LogP contribution in [0.3, 0.4) is 0 Å². The lowest BCUT2D eigenvalue weighted by Gasteiger charge is -2.04. The standard InChI is InChI=1S/C34H67OP/c1-3-5-7-9-11-13-15-17-19-20-22-24-26-28-30-32-34(35)36-33-31-29-27-25-23-21-18-16-14-12-10-8-6-4-2/h17,19,36H,3-16,18,20-33H2,1-2H3/b19-17-. The fourth-order valence-electron chi connectivity index (χ4n) is 4.99. The van der Waals surface area contributed by atoms with Crippen LogP contribution in [0, 0.1) is 0 Å². The van der Waals surface area contributed by atoms with Gasteiger partial charge in [-0.25, -0.2) is 0 Å². The molecule has 0 spiro atoms. The van der Waals surface area contributed by atoms with Gasteiger partial charge in [0.05, 0.1) is 0 Å². The first-order valence-electron chi connectivity index (χ1n) is 16.7. The maximum atomic E-state index is 12.1. The average molecular weight is 523 g/mol. The first-order valence-corrected chi connectivity index (χ1v) is 17.9. The van der Waals surface area contributed by atoms with Crippen LogP contribution in [0.25, 0.3) is 0 Å². The summed E-state index contributed by atoms with van der Waals surface area (Å²) in [5, 5.41) is 0. The van der Waals surface area contributed by atoms with E-state index in [1.54, 1.807) is 0 Å². The molecule has 0 aromatic heterocycles. The van der Waals surface area contributed by atoms with Crippen molar-refractivity contribution in [1.82, 2.24) is 0 Å². The largest absolute Gasteiger partial charge is 0.295 e. The molecule has 0 saturated carbocycles. The Morgan fingerprint density at radius 3 is 1.19 bits per heavy atom. The lowest BCUT2D eigenvalue weighted by molar-refractivity contribution is -0.111. The minimum Gasteiger partial charge on any atom is -0.295 e. The highest BCUT2D eigenvalue weighted by Crippen LogP contribution is 2.20. The number of carbonyl (C=O) groups excluding carboxylic acids is 1. The normalized spacial score (nSPS) is 11.9. The predicted octanol–water partition coefficient (Wildman–Crippen LogP) is 12.7. The Bertz CT molecular complexity index is 444. The third-order valence-electron chi connectivity index (χ3n) is 7.52. The van der Waals surface area contributed by atoms with Crippen molar-refractivity contribution >= 4 is 14.1 Å². The van der Waals surface area contributed by atoms with Crippen LogP contribution >= 0.6 is 8.58 Å². The van der Waals surface area contributed by atoms with Gasteiger partial charge in [0.15, 0.2) is 5.52 Å². The molecule has 0 aromatic carbocycles. The Balaban J connectivity index is 3.19. The molecule has 1 unspecified atom stereocenters. The number of unbranched alkanes of at least 4 members (excludes halogenated alkanes) is 24. The Labute approximate surface area is 230 Å². The third-order valence-corrected chi connectivity index (χ3v) is 8.77. The second-order valence-corrected chi connectivity index (χ2v) is 12.7. The molecule has 36 heavy (non-hydrogen) atoms. The van der Waals surface area contributed by atoms with Gasteiger partial charge in [-0.2, -0.15) is 0 Å². The first-order chi connectivity index (χ1) is 17.8. The van der Waals surface area contributed by atoms with Crippen molar-refractivity contribution in [3.8, 4) is 0 Å². The Morgan fingerprint density at radius 2 is 0.778 bits per heavy atom. The summed E-state index contributed by atoms with van der Waals surface area (Å²) in [4.78, 5) is 12.1. The fraction of sp³-hybridized carbons (Fsp3) is 0.912. The van der Waals surface area contributed by atoms with Gasteiger partial charge in [0.1, 0.15) is 0 Å². The van der Waals surface area contributed by atoms with Gasteiger partial charge in [0.2, 0.25) is 0 Å². The van der Waals surface area contributed by atoms with Crippen LogP contribution in [0.4, 0.5) is 0 Å². The zero-order chi connectivity index (χ0) is 26.2. The van der Waals surface area contributed by atoms with E-state index >= 15 is 0 Å². The number of carbonyl (C=O) groups is 1. The van der Waals surface area contributed by atoms with Crippen LogP contribution < -0.4 is 0 Å². The molecule has 0 aliphatic heterocycles. The van der Waals surface area contributed by atoms with E-state index < -0.39 is 0 Å². The zero-order valence-electron chi connectivity index (χ0n) is 25.1. The molecule has 1 atom stereocenters. The Kier molecular flexibility index (Phi) is 32.7. The number of hydrogen-bond acceptors (Lipinski definition) is 1. The molecule has 0 amide bonds. The summed E-state index contributed by atoms with van der Waals surface area (Å²) in [6.45, 7) is 4.58. The number of hydrogen-bond donors (Lipinski definition) is 0. The minimum atomic E-state index is 0.544. The van der Waals surface area contributed by atoms with Gasteiger partial charge in [-0.05, 0) is 44.7 Å². The van der Waals surface area contributed by atoms with Crippen molar-refractivity contribution in [3.63, 3.8) is 0 Å². The molecule has 0 rings (SSSR count). The van der Waals surface area contributed by atoms with E-state index in [0.717, 1.165) is 19.0 Å². The van der Waals surface area contributed by atoms with Gasteiger partial charge in [-0.3, -0.25) is 4.79 Å². The Hall–Kier alpha value is -0.160. The van der Waals surface area contributed by atoms with Gasteiger partial charge in [-0.1, -0.05) is 169 Å². The van der Waals surface area contributed by atoms with Crippen molar-refractivity contribution in [3.05, 3.63) is 12.2 Å². The topological polar surface area (TPSA) is 17.1 Å². The third kappa shape index (κ3) is 31.9. The average Bonchev–Trinajstić information content (AvgIpc) is 2.88. The molecular formula is C34H67OP. The zero-order valence-corrected chi connectivity index (χ0v) is 26.1. The highest BCUT2D eigenvalue weighted by Gasteiger charge is 2.02. The molecule has 0 radical (unpaired) electrons. The molecule has 2 heteroatoms. The van der Waals surface area contributed by atoms with E-state index in [9.17, 15) is 4.79 Å². The molecule has 0 aliphatic carbocycles. The fourth-order valence-corrected chi connectivity index (χ4v) is 6.05. The summed E-state index contributed by atoms with van der Waals surface area (Å²) in [7, 11) is 0.580. The summed E-state index contributed by atoms with van der Waals surface area (Å²) < 4.78 is 0. The SMILES string of the molecule is CCCCCCCC/C=C\CCCCCCCC(=O)PCCCCCCCCCCCCCCCC. The van der Waals surface area contributed by atoms with Crippen LogP contribution in [-0.2, 0) is 4.79 Å². The lowest BCUT2D eigenvalue weighted by atomic mass is 10.0. The van der Waals surface area contributed by atoms with Gasteiger partial charge >= 0.3 is 0 Å². The second kappa shape index (κ2) is 32.9. The molecule has 0 fully saturated rings. The van der Waals surface area contributed by atoms with Crippen LogP contribution in [0.2, 0.25) is 0 Å². The van der Waals surface area contributed by atoms with E-state index in [4.69, 9.17) is 0 Å². The van der Waals surface area contributed by atoms with Crippen LogP contribution in [0.1, 0.15) is 194 Å². The van der Waals surface area contributed by atoms with E-state index in [1.165, 1.54) is 167 Å². The predicted molar refractivity (Wildman–Crippen MR) is 168 cm³/mol. The maximum Gasteiger partial charge on any atom is 0.151 e. The lowest BCUT2D eigenvalue weighted by Crippen LogP contribution is -1.92. The van der Waals surface area contributed by atoms with E-state index in [2.05, 4.69) is 26.0 Å². The highest BCUT2D eigenvalue weighted by molar-refractivity contribution is 7.57.